The van der Waals surface area contributed by atoms with Gasteiger partial charge in [-0.3, -0.25) is 9.59 Å². The predicted molar refractivity (Wildman–Crippen MR) is 106 cm³/mol. The van der Waals surface area contributed by atoms with Gasteiger partial charge in [0.25, 0.3) is 11.8 Å². The van der Waals surface area contributed by atoms with Crippen molar-refractivity contribution in [3.63, 3.8) is 0 Å². The fraction of sp³-hybridized carbons (Fsp3) is 0.333. The molecule has 0 aromatic heterocycles. The smallest absolute Gasteiger partial charge is 0.279 e. The van der Waals surface area contributed by atoms with Crippen molar-refractivity contribution in [3.8, 4) is 5.75 Å². The van der Waals surface area contributed by atoms with Gasteiger partial charge < -0.3 is 20.3 Å². The molecule has 0 spiro atoms. The van der Waals surface area contributed by atoms with Crippen molar-refractivity contribution in [1.82, 2.24) is 5.32 Å². The van der Waals surface area contributed by atoms with Crippen LogP contribution in [0.3, 0.4) is 0 Å². The number of hydrogen-bond acceptors (Lipinski definition) is 3. The van der Waals surface area contributed by atoms with Gasteiger partial charge in [0.15, 0.2) is 13.1 Å². The Morgan fingerprint density at radius 3 is 2.44 bits per heavy atom. The summed E-state index contributed by atoms with van der Waals surface area (Å²) in [5.74, 6) is 0.513. The van der Waals surface area contributed by atoms with Crippen molar-refractivity contribution in [3.05, 3.63) is 60.2 Å². The second-order valence-corrected chi connectivity index (χ2v) is 6.32. The number of anilines is 1. The minimum absolute atomic E-state index is 0.0445. The Morgan fingerprint density at radius 2 is 1.74 bits per heavy atom. The summed E-state index contributed by atoms with van der Waals surface area (Å²) in [6.45, 7) is 3.76. The van der Waals surface area contributed by atoms with E-state index in [1.807, 2.05) is 55.5 Å². The van der Waals surface area contributed by atoms with Crippen LogP contribution in [0.4, 0.5) is 5.69 Å². The third-order valence-electron chi connectivity index (χ3n) is 4.25. The first-order chi connectivity index (χ1) is 13.1. The SMILES string of the molecule is CC[NH+](CC(=O)NCCc1ccccc1)CC(=O)Nc1cccc(OC)c1. The molecule has 3 N–H and O–H groups in total. The molecule has 6 heteroatoms. The van der Waals surface area contributed by atoms with E-state index in [1.165, 1.54) is 5.56 Å². The van der Waals surface area contributed by atoms with E-state index in [2.05, 4.69) is 10.6 Å². The monoisotopic (exact) mass is 370 g/mol. The van der Waals surface area contributed by atoms with Gasteiger partial charge >= 0.3 is 0 Å². The number of amides is 2. The van der Waals surface area contributed by atoms with E-state index in [0.717, 1.165) is 11.3 Å². The van der Waals surface area contributed by atoms with Gasteiger partial charge in [-0.15, -0.1) is 0 Å². The molecule has 2 amide bonds. The lowest BCUT2D eigenvalue weighted by Gasteiger charge is -2.17. The summed E-state index contributed by atoms with van der Waals surface area (Å²) >= 11 is 0. The lowest BCUT2D eigenvalue weighted by atomic mass is 10.1. The molecule has 1 atom stereocenters. The molecule has 0 saturated heterocycles. The highest BCUT2D eigenvalue weighted by Gasteiger charge is 2.16. The second-order valence-electron chi connectivity index (χ2n) is 6.32. The predicted octanol–water partition coefficient (Wildman–Crippen LogP) is 0.897. The van der Waals surface area contributed by atoms with E-state index in [-0.39, 0.29) is 24.9 Å². The lowest BCUT2D eigenvalue weighted by molar-refractivity contribution is -0.881. The van der Waals surface area contributed by atoms with Gasteiger partial charge in [0, 0.05) is 18.3 Å². The van der Waals surface area contributed by atoms with Crippen molar-refractivity contribution >= 4 is 17.5 Å². The molecule has 0 heterocycles. The van der Waals surface area contributed by atoms with Crippen molar-refractivity contribution in [2.24, 2.45) is 0 Å². The Balaban J connectivity index is 1.74. The number of hydrogen-bond donors (Lipinski definition) is 3. The van der Waals surface area contributed by atoms with Crippen LogP contribution in [0.25, 0.3) is 0 Å². The largest absolute Gasteiger partial charge is 0.497 e. The highest BCUT2D eigenvalue weighted by Crippen LogP contribution is 2.16. The molecule has 2 aromatic carbocycles. The number of carbonyl (C=O) groups excluding carboxylic acids is 2. The van der Waals surface area contributed by atoms with Crippen LogP contribution >= 0.6 is 0 Å². The first kappa shape index (κ1) is 20.5. The molecule has 6 nitrogen and oxygen atoms in total. The Labute approximate surface area is 160 Å². The van der Waals surface area contributed by atoms with Gasteiger partial charge in [0.1, 0.15) is 5.75 Å². The number of nitrogens with one attached hydrogen (secondary N) is 3. The van der Waals surface area contributed by atoms with Crippen molar-refractivity contribution in [1.29, 1.82) is 0 Å². The summed E-state index contributed by atoms with van der Waals surface area (Å²) in [5.41, 5.74) is 1.87. The summed E-state index contributed by atoms with van der Waals surface area (Å²) in [5, 5.41) is 5.77. The molecular formula is C21H28N3O3+. The van der Waals surface area contributed by atoms with Crippen molar-refractivity contribution in [2.75, 3.05) is 38.6 Å². The standard InChI is InChI=1S/C21H27N3O3/c1-3-24(15-20(25)22-13-12-17-8-5-4-6-9-17)16-21(26)23-18-10-7-11-19(14-18)27-2/h4-11,14H,3,12-13,15-16H2,1-2H3,(H,22,25)(H,23,26)/p+1. The van der Waals surface area contributed by atoms with Gasteiger partial charge in [-0.1, -0.05) is 36.4 Å². The number of methoxy groups -OCH3 is 1. The minimum atomic E-state index is -0.128. The molecule has 144 valence electrons. The lowest BCUT2D eigenvalue weighted by Crippen LogP contribution is -3.14. The molecule has 0 saturated carbocycles. The number of quaternary nitrogens is 1. The molecule has 1 unspecified atom stereocenters. The molecular weight excluding hydrogens is 342 g/mol. The number of benzene rings is 2. The van der Waals surface area contributed by atoms with Gasteiger partial charge in [0.05, 0.1) is 13.7 Å². The zero-order chi connectivity index (χ0) is 19.5. The Hall–Kier alpha value is -2.86. The zero-order valence-corrected chi connectivity index (χ0v) is 16.0. The van der Waals surface area contributed by atoms with Gasteiger partial charge in [-0.25, -0.2) is 0 Å². The maximum Gasteiger partial charge on any atom is 0.279 e. The van der Waals surface area contributed by atoms with E-state index < -0.39 is 0 Å². The quantitative estimate of drug-likeness (QED) is 0.582. The molecule has 2 aromatic rings. The van der Waals surface area contributed by atoms with Crippen molar-refractivity contribution in [2.45, 2.75) is 13.3 Å². The van der Waals surface area contributed by atoms with E-state index >= 15 is 0 Å². The van der Waals surface area contributed by atoms with Crippen LogP contribution in [0.1, 0.15) is 12.5 Å². The van der Waals surface area contributed by atoms with Gasteiger partial charge in [-0.2, -0.15) is 0 Å². The average Bonchev–Trinajstić information content (AvgIpc) is 2.68. The molecule has 2 rings (SSSR count). The topological polar surface area (TPSA) is 71.9 Å². The van der Waals surface area contributed by atoms with E-state index in [1.54, 1.807) is 13.2 Å². The summed E-state index contributed by atoms with van der Waals surface area (Å²) in [6, 6.07) is 17.2. The Morgan fingerprint density at radius 1 is 1.00 bits per heavy atom. The first-order valence-corrected chi connectivity index (χ1v) is 9.18. The third kappa shape index (κ3) is 7.50. The third-order valence-corrected chi connectivity index (χ3v) is 4.25. The molecule has 0 aliphatic heterocycles. The maximum atomic E-state index is 12.3. The molecule has 0 fully saturated rings. The van der Waals surface area contributed by atoms with E-state index in [9.17, 15) is 9.59 Å². The van der Waals surface area contributed by atoms with Crippen LogP contribution in [-0.4, -0.2) is 45.1 Å². The normalized spacial score (nSPS) is 11.5. The average molecular weight is 370 g/mol. The summed E-state index contributed by atoms with van der Waals surface area (Å²) in [4.78, 5) is 25.3. The Bertz CT molecular complexity index is 734. The first-order valence-electron chi connectivity index (χ1n) is 9.18. The maximum absolute atomic E-state index is 12.3. The van der Waals surface area contributed by atoms with Crippen LogP contribution in [0.2, 0.25) is 0 Å². The van der Waals surface area contributed by atoms with Crippen LogP contribution in [0.15, 0.2) is 54.6 Å². The van der Waals surface area contributed by atoms with Crippen molar-refractivity contribution < 1.29 is 19.2 Å². The van der Waals surface area contributed by atoms with Crippen LogP contribution < -0.4 is 20.3 Å². The van der Waals surface area contributed by atoms with E-state index in [0.29, 0.717) is 24.5 Å². The molecule has 0 bridgehead atoms. The fourth-order valence-corrected chi connectivity index (χ4v) is 2.73. The second kappa shape index (κ2) is 11.0. The van der Waals surface area contributed by atoms with Crippen LogP contribution in [0, 0.1) is 0 Å². The van der Waals surface area contributed by atoms with E-state index in [4.69, 9.17) is 4.74 Å². The highest BCUT2D eigenvalue weighted by atomic mass is 16.5. The number of likely N-dealkylation sites (N-methyl/N-ethyl adjacent to an activating group) is 1. The number of rotatable bonds is 10. The van der Waals surface area contributed by atoms with Gasteiger partial charge in [0.2, 0.25) is 0 Å². The fourth-order valence-electron chi connectivity index (χ4n) is 2.73. The van der Waals surface area contributed by atoms with Crippen LogP contribution in [-0.2, 0) is 16.0 Å². The highest BCUT2D eigenvalue weighted by molar-refractivity contribution is 5.91. The summed E-state index contributed by atoms with van der Waals surface area (Å²) < 4.78 is 5.15. The van der Waals surface area contributed by atoms with Gasteiger partial charge in [-0.05, 0) is 31.0 Å². The molecule has 0 aliphatic carbocycles. The summed E-state index contributed by atoms with van der Waals surface area (Å²) in [7, 11) is 1.58. The molecule has 0 aliphatic rings. The minimum Gasteiger partial charge on any atom is -0.497 e. The molecule has 0 radical (unpaired) electrons. The Kier molecular flexibility index (Phi) is 8.32. The molecule has 27 heavy (non-hydrogen) atoms. The van der Waals surface area contributed by atoms with Crippen LogP contribution in [0.5, 0.6) is 5.75 Å². The zero-order valence-electron chi connectivity index (χ0n) is 16.0. The summed E-state index contributed by atoms with van der Waals surface area (Å²) in [6.07, 6.45) is 0.796. The number of ether oxygens (including phenoxy) is 1. The number of carbonyl (C=O) groups is 2.